The number of hydrogen-bond acceptors (Lipinski definition) is 3. The molecule has 0 bridgehead atoms. The highest BCUT2D eigenvalue weighted by Crippen LogP contribution is 2.19. The molecule has 1 amide bonds. The van der Waals surface area contributed by atoms with E-state index >= 15 is 0 Å². The Hall–Kier alpha value is -3.46. The van der Waals surface area contributed by atoms with E-state index in [2.05, 4.69) is 10.4 Å². The molecule has 0 saturated carbocycles. The molecule has 5 nitrogen and oxygen atoms in total. The molecule has 0 spiro atoms. The summed E-state index contributed by atoms with van der Waals surface area (Å²) < 4.78 is 15.6. The molecular weight excluding hydrogens is 355 g/mol. The van der Waals surface area contributed by atoms with Crippen molar-refractivity contribution in [1.82, 2.24) is 15.1 Å². The first-order chi connectivity index (χ1) is 13.4. The lowest BCUT2D eigenvalue weighted by atomic mass is 9.99. The van der Waals surface area contributed by atoms with Gasteiger partial charge in [0.2, 0.25) is 5.91 Å². The Morgan fingerprint density at radius 3 is 2.71 bits per heavy atom. The molecule has 0 saturated heterocycles. The molecule has 28 heavy (non-hydrogen) atoms. The van der Waals surface area contributed by atoms with Crippen molar-refractivity contribution in [3.63, 3.8) is 0 Å². The van der Waals surface area contributed by atoms with Gasteiger partial charge in [0.05, 0.1) is 35.1 Å². The second-order valence-electron chi connectivity index (χ2n) is 6.82. The molecule has 1 atom stereocenters. The Labute approximate surface area is 163 Å². The lowest BCUT2D eigenvalue weighted by Crippen LogP contribution is -2.28. The molecule has 6 heteroatoms. The lowest BCUT2D eigenvalue weighted by Gasteiger charge is -2.14. The number of carbonyl (C=O) groups excluding carboxylic acids is 1. The zero-order valence-corrected chi connectivity index (χ0v) is 16.0. The van der Waals surface area contributed by atoms with Gasteiger partial charge in [-0.2, -0.15) is 10.4 Å². The average Bonchev–Trinajstić information content (AvgIpc) is 3.06. The number of halogens is 1. The van der Waals surface area contributed by atoms with Crippen molar-refractivity contribution in [2.75, 3.05) is 0 Å². The van der Waals surface area contributed by atoms with E-state index < -0.39 is 11.7 Å². The van der Waals surface area contributed by atoms with Gasteiger partial charge < -0.3 is 5.32 Å². The fourth-order valence-corrected chi connectivity index (χ4v) is 3.04. The predicted octanol–water partition coefficient (Wildman–Crippen LogP) is 3.92. The topological polar surface area (TPSA) is 70.7 Å². The Bertz CT molecular complexity index is 1060. The third-order valence-corrected chi connectivity index (χ3v) is 4.60. The highest BCUT2D eigenvalue weighted by Gasteiger charge is 2.18. The van der Waals surface area contributed by atoms with E-state index in [1.54, 1.807) is 19.1 Å². The fraction of sp³-hybridized carbons (Fsp3) is 0.227. The summed E-state index contributed by atoms with van der Waals surface area (Å²) in [5.41, 5.74) is 4.26. The molecule has 0 aliphatic heterocycles. The summed E-state index contributed by atoms with van der Waals surface area (Å²) in [6.07, 6.45) is 0. The van der Waals surface area contributed by atoms with E-state index in [-0.39, 0.29) is 11.5 Å². The molecule has 3 rings (SSSR count). The number of rotatable bonds is 5. The highest BCUT2D eigenvalue weighted by atomic mass is 19.1. The first kappa shape index (κ1) is 19.3. The summed E-state index contributed by atoms with van der Waals surface area (Å²) in [7, 11) is 0. The number of benzene rings is 2. The summed E-state index contributed by atoms with van der Waals surface area (Å²) in [4.78, 5) is 12.6. The van der Waals surface area contributed by atoms with Crippen LogP contribution >= 0.6 is 0 Å². The van der Waals surface area contributed by atoms with Crippen LogP contribution < -0.4 is 5.32 Å². The first-order valence-electron chi connectivity index (χ1n) is 8.99. The number of aromatic nitrogens is 2. The van der Waals surface area contributed by atoms with Gasteiger partial charge in [-0.05, 0) is 62.2 Å². The van der Waals surface area contributed by atoms with E-state index in [1.165, 1.54) is 12.1 Å². The number of nitrogens with zero attached hydrogens (tertiary/aromatic N) is 3. The minimum absolute atomic E-state index is 0.0334. The third-order valence-electron chi connectivity index (χ3n) is 4.60. The van der Waals surface area contributed by atoms with Crippen molar-refractivity contribution in [3.8, 4) is 11.8 Å². The summed E-state index contributed by atoms with van der Waals surface area (Å²) >= 11 is 0. The summed E-state index contributed by atoms with van der Waals surface area (Å²) in [6, 6.07) is 15.9. The zero-order chi connectivity index (χ0) is 20.3. The van der Waals surface area contributed by atoms with Gasteiger partial charge in [0, 0.05) is 0 Å². The van der Waals surface area contributed by atoms with Gasteiger partial charge in [-0.1, -0.05) is 18.2 Å². The monoisotopic (exact) mass is 376 g/mol. The molecule has 2 aromatic carbocycles. The highest BCUT2D eigenvalue weighted by molar-refractivity contribution is 5.83. The van der Waals surface area contributed by atoms with Gasteiger partial charge in [0.15, 0.2) is 0 Å². The van der Waals surface area contributed by atoms with Crippen LogP contribution in [0.2, 0.25) is 0 Å². The lowest BCUT2D eigenvalue weighted by molar-refractivity contribution is -0.122. The molecule has 1 heterocycles. The van der Waals surface area contributed by atoms with Crippen LogP contribution in [0.5, 0.6) is 0 Å². The van der Waals surface area contributed by atoms with Crippen LogP contribution in [-0.4, -0.2) is 15.7 Å². The van der Waals surface area contributed by atoms with Gasteiger partial charge in [0.25, 0.3) is 0 Å². The number of nitrogens with one attached hydrogen (secondary N) is 1. The number of carbonyl (C=O) groups is 1. The standard InChI is InChI=1S/C22H21FN4O/c1-14-5-4-6-19(9-14)27-20(10-15(2)26-27)13-25-22(28)16(3)17-7-8-18(12-24)21(23)11-17/h4-11,16H,13H2,1-3H3,(H,25,28). The molecule has 0 fully saturated rings. The molecule has 1 aromatic heterocycles. The summed E-state index contributed by atoms with van der Waals surface area (Å²) in [6.45, 7) is 5.93. The Balaban J connectivity index is 1.75. The predicted molar refractivity (Wildman–Crippen MR) is 104 cm³/mol. The van der Waals surface area contributed by atoms with Crippen molar-refractivity contribution >= 4 is 5.91 Å². The van der Waals surface area contributed by atoms with Gasteiger partial charge >= 0.3 is 0 Å². The maximum atomic E-state index is 13.8. The van der Waals surface area contributed by atoms with E-state index in [4.69, 9.17) is 5.26 Å². The molecule has 1 N–H and O–H groups in total. The molecular formula is C22H21FN4O. The smallest absolute Gasteiger partial charge is 0.227 e. The van der Waals surface area contributed by atoms with E-state index in [0.717, 1.165) is 22.6 Å². The number of nitriles is 1. The summed E-state index contributed by atoms with van der Waals surface area (Å²) in [5.74, 6) is -1.38. The molecule has 0 radical (unpaired) electrons. The van der Waals surface area contributed by atoms with E-state index in [1.807, 2.05) is 48.9 Å². The van der Waals surface area contributed by atoms with Gasteiger partial charge in [-0.15, -0.1) is 0 Å². The zero-order valence-electron chi connectivity index (χ0n) is 16.0. The van der Waals surface area contributed by atoms with E-state index in [0.29, 0.717) is 12.1 Å². The average molecular weight is 376 g/mol. The van der Waals surface area contributed by atoms with Crippen molar-refractivity contribution in [1.29, 1.82) is 5.26 Å². The Kier molecular flexibility index (Phi) is 5.55. The van der Waals surface area contributed by atoms with Crippen LogP contribution in [0.4, 0.5) is 4.39 Å². The quantitative estimate of drug-likeness (QED) is 0.734. The third kappa shape index (κ3) is 4.09. The molecule has 1 unspecified atom stereocenters. The maximum absolute atomic E-state index is 13.8. The number of aryl methyl sites for hydroxylation is 2. The van der Waals surface area contributed by atoms with Gasteiger partial charge in [0.1, 0.15) is 11.9 Å². The Morgan fingerprint density at radius 2 is 2.04 bits per heavy atom. The van der Waals surface area contributed by atoms with Crippen LogP contribution in [0.15, 0.2) is 48.5 Å². The van der Waals surface area contributed by atoms with E-state index in [9.17, 15) is 9.18 Å². The van der Waals surface area contributed by atoms with Crippen LogP contribution in [0.1, 0.15) is 40.9 Å². The first-order valence-corrected chi connectivity index (χ1v) is 8.99. The number of hydrogen-bond donors (Lipinski definition) is 1. The Morgan fingerprint density at radius 1 is 1.25 bits per heavy atom. The van der Waals surface area contributed by atoms with Gasteiger partial charge in [-0.3, -0.25) is 4.79 Å². The normalized spacial score (nSPS) is 11.7. The molecule has 0 aliphatic carbocycles. The van der Waals surface area contributed by atoms with Gasteiger partial charge in [-0.25, -0.2) is 9.07 Å². The largest absolute Gasteiger partial charge is 0.350 e. The maximum Gasteiger partial charge on any atom is 0.227 e. The fourth-order valence-electron chi connectivity index (χ4n) is 3.04. The minimum atomic E-state index is -0.618. The van der Waals surface area contributed by atoms with Crippen molar-refractivity contribution < 1.29 is 9.18 Å². The van der Waals surface area contributed by atoms with Crippen molar-refractivity contribution in [3.05, 3.63) is 82.4 Å². The van der Waals surface area contributed by atoms with Crippen LogP contribution in [-0.2, 0) is 11.3 Å². The van der Waals surface area contributed by atoms with Crippen LogP contribution in [0.25, 0.3) is 5.69 Å². The van der Waals surface area contributed by atoms with Crippen LogP contribution in [0.3, 0.4) is 0 Å². The van der Waals surface area contributed by atoms with Crippen molar-refractivity contribution in [2.24, 2.45) is 0 Å². The SMILES string of the molecule is Cc1cccc(-n2nc(C)cc2CNC(=O)C(C)c2ccc(C#N)c(F)c2)c1. The summed E-state index contributed by atoms with van der Waals surface area (Å²) in [5, 5.41) is 16.2. The van der Waals surface area contributed by atoms with Crippen LogP contribution in [0, 0.1) is 31.0 Å². The molecule has 0 aliphatic rings. The molecule has 142 valence electrons. The number of amides is 1. The minimum Gasteiger partial charge on any atom is -0.350 e. The van der Waals surface area contributed by atoms with Crippen molar-refractivity contribution in [2.45, 2.75) is 33.2 Å². The molecule has 3 aromatic rings. The second kappa shape index (κ2) is 8.05. The second-order valence-corrected chi connectivity index (χ2v) is 6.82.